The molecule has 0 heterocycles. The molecular formula is C12H20N2O3S. The summed E-state index contributed by atoms with van der Waals surface area (Å²) in [6, 6.07) is 5.75. The van der Waals surface area contributed by atoms with Gasteiger partial charge in [0.15, 0.2) is 0 Å². The summed E-state index contributed by atoms with van der Waals surface area (Å²) in [6.45, 7) is 4.91. The first-order chi connectivity index (χ1) is 8.42. The van der Waals surface area contributed by atoms with E-state index in [1.165, 1.54) is 0 Å². The van der Waals surface area contributed by atoms with Gasteiger partial charge in [0.2, 0.25) is 10.0 Å². The predicted octanol–water partition coefficient (Wildman–Crippen LogP) is 1.48. The van der Waals surface area contributed by atoms with E-state index in [2.05, 4.69) is 5.32 Å². The molecule has 3 N–H and O–H groups in total. The quantitative estimate of drug-likeness (QED) is 0.788. The van der Waals surface area contributed by atoms with Crippen molar-refractivity contribution >= 4 is 15.7 Å². The Bertz CT molecular complexity index is 486. The maximum absolute atomic E-state index is 10.8. The van der Waals surface area contributed by atoms with Crippen molar-refractivity contribution in [2.75, 3.05) is 24.2 Å². The second-order valence-electron chi connectivity index (χ2n) is 4.14. The lowest BCUT2D eigenvalue weighted by atomic mass is 10.2. The van der Waals surface area contributed by atoms with Crippen LogP contribution in [0.1, 0.15) is 18.9 Å². The van der Waals surface area contributed by atoms with Crippen LogP contribution in [0.3, 0.4) is 0 Å². The van der Waals surface area contributed by atoms with E-state index in [9.17, 15) is 8.42 Å². The van der Waals surface area contributed by atoms with E-state index in [0.717, 1.165) is 23.4 Å². The van der Waals surface area contributed by atoms with Crippen molar-refractivity contribution in [3.05, 3.63) is 23.8 Å². The number of anilines is 1. The molecule has 18 heavy (non-hydrogen) atoms. The number of sulfonamides is 1. The summed E-state index contributed by atoms with van der Waals surface area (Å²) < 4.78 is 27.3. The number of nitrogens with two attached hydrogens (primary N) is 1. The van der Waals surface area contributed by atoms with Gasteiger partial charge in [0, 0.05) is 6.54 Å². The lowest BCUT2D eigenvalue weighted by Crippen LogP contribution is -2.22. The van der Waals surface area contributed by atoms with Crippen LogP contribution >= 0.6 is 0 Å². The van der Waals surface area contributed by atoms with Gasteiger partial charge in [-0.15, -0.1) is 0 Å². The largest absolute Gasteiger partial charge is 0.491 e. The zero-order valence-corrected chi connectivity index (χ0v) is 11.6. The van der Waals surface area contributed by atoms with Crippen molar-refractivity contribution < 1.29 is 13.2 Å². The van der Waals surface area contributed by atoms with Gasteiger partial charge < -0.3 is 10.1 Å². The number of ether oxygens (including phenoxy) is 1. The first-order valence-corrected chi connectivity index (χ1v) is 7.61. The highest BCUT2D eigenvalue weighted by atomic mass is 32.2. The maximum Gasteiger partial charge on any atom is 0.210 e. The standard InChI is InChI=1S/C12H20N2O3S/c1-3-7-17-12-9-10(2)4-5-11(12)14-6-8-18(13,15)16/h4-5,9,14H,3,6-8H2,1-2H3,(H2,13,15,16). The summed E-state index contributed by atoms with van der Waals surface area (Å²) >= 11 is 0. The fraction of sp³-hybridized carbons (Fsp3) is 0.500. The van der Waals surface area contributed by atoms with E-state index >= 15 is 0 Å². The van der Waals surface area contributed by atoms with Gasteiger partial charge in [0.05, 0.1) is 18.0 Å². The number of aryl methyl sites for hydroxylation is 1. The van der Waals surface area contributed by atoms with Crippen LogP contribution in [0.2, 0.25) is 0 Å². The molecule has 5 nitrogen and oxygen atoms in total. The van der Waals surface area contributed by atoms with Crippen molar-refractivity contribution in [1.82, 2.24) is 0 Å². The Morgan fingerprint density at radius 3 is 2.72 bits per heavy atom. The van der Waals surface area contributed by atoms with Crippen LogP contribution in [0.15, 0.2) is 18.2 Å². The minimum absolute atomic E-state index is 0.103. The zero-order chi connectivity index (χ0) is 13.6. The van der Waals surface area contributed by atoms with Gasteiger partial charge >= 0.3 is 0 Å². The Morgan fingerprint density at radius 1 is 1.39 bits per heavy atom. The van der Waals surface area contributed by atoms with E-state index in [1.807, 2.05) is 32.0 Å². The summed E-state index contributed by atoms with van der Waals surface area (Å²) in [6.07, 6.45) is 0.921. The Labute approximate surface area is 108 Å². The normalized spacial score (nSPS) is 11.3. The number of hydrogen-bond donors (Lipinski definition) is 2. The predicted molar refractivity (Wildman–Crippen MR) is 73.4 cm³/mol. The highest BCUT2D eigenvalue weighted by Gasteiger charge is 2.06. The molecule has 0 spiro atoms. The van der Waals surface area contributed by atoms with Crippen LogP contribution < -0.4 is 15.2 Å². The van der Waals surface area contributed by atoms with Gasteiger partial charge in [0.25, 0.3) is 0 Å². The van der Waals surface area contributed by atoms with Crippen LogP contribution in [0.25, 0.3) is 0 Å². The average Bonchev–Trinajstić information content (AvgIpc) is 2.27. The molecule has 0 aliphatic heterocycles. The SMILES string of the molecule is CCCOc1cc(C)ccc1NCCS(N)(=O)=O. The minimum Gasteiger partial charge on any atom is -0.491 e. The average molecular weight is 272 g/mol. The molecule has 0 aromatic heterocycles. The second-order valence-corrected chi connectivity index (χ2v) is 5.88. The third kappa shape index (κ3) is 5.37. The molecule has 0 bridgehead atoms. The lowest BCUT2D eigenvalue weighted by Gasteiger charge is -2.13. The fourth-order valence-corrected chi connectivity index (χ4v) is 1.82. The third-order valence-corrected chi connectivity index (χ3v) is 3.07. The van der Waals surface area contributed by atoms with E-state index in [-0.39, 0.29) is 12.3 Å². The number of nitrogens with one attached hydrogen (secondary N) is 1. The summed E-state index contributed by atoms with van der Waals surface area (Å²) in [5.74, 6) is 0.639. The molecule has 0 saturated carbocycles. The monoisotopic (exact) mass is 272 g/mol. The van der Waals surface area contributed by atoms with E-state index in [4.69, 9.17) is 9.88 Å². The number of benzene rings is 1. The van der Waals surface area contributed by atoms with Crippen LogP contribution in [0.5, 0.6) is 5.75 Å². The topological polar surface area (TPSA) is 81.4 Å². The molecule has 1 rings (SSSR count). The molecule has 0 saturated heterocycles. The number of rotatable bonds is 7. The first kappa shape index (κ1) is 14.8. The molecule has 0 fully saturated rings. The van der Waals surface area contributed by atoms with Crippen LogP contribution in [-0.2, 0) is 10.0 Å². The lowest BCUT2D eigenvalue weighted by molar-refractivity contribution is 0.318. The van der Waals surface area contributed by atoms with E-state index < -0.39 is 10.0 Å². The molecule has 1 aromatic rings. The summed E-state index contributed by atoms with van der Waals surface area (Å²) in [7, 11) is -3.44. The Hall–Kier alpha value is -1.27. The van der Waals surface area contributed by atoms with Crippen molar-refractivity contribution in [1.29, 1.82) is 0 Å². The molecule has 0 radical (unpaired) electrons. The summed E-state index contributed by atoms with van der Waals surface area (Å²) in [5, 5.41) is 7.96. The Morgan fingerprint density at radius 2 is 2.11 bits per heavy atom. The van der Waals surface area contributed by atoms with Gasteiger partial charge in [-0.05, 0) is 31.0 Å². The molecule has 0 aliphatic rings. The zero-order valence-electron chi connectivity index (χ0n) is 10.8. The summed E-state index contributed by atoms with van der Waals surface area (Å²) in [5.41, 5.74) is 1.88. The molecule has 1 aromatic carbocycles. The van der Waals surface area contributed by atoms with Crippen LogP contribution in [0, 0.1) is 6.92 Å². The van der Waals surface area contributed by atoms with E-state index in [0.29, 0.717) is 6.61 Å². The molecule has 0 unspecified atom stereocenters. The smallest absolute Gasteiger partial charge is 0.210 e. The van der Waals surface area contributed by atoms with Crippen LogP contribution in [-0.4, -0.2) is 27.3 Å². The first-order valence-electron chi connectivity index (χ1n) is 5.90. The maximum atomic E-state index is 10.8. The van der Waals surface area contributed by atoms with Crippen molar-refractivity contribution in [2.45, 2.75) is 20.3 Å². The highest BCUT2D eigenvalue weighted by Crippen LogP contribution is 2.25. The number of hydrogen-bond acceptors (Lipinski definition) is 4. The van der Waals surface area contributed by atoms with Gasteiger partial charge in [-0.2, -0.15) is 0 Å². The molecule has 0 amide bonds. The van der Waals surface area contributed by atoms with Crippen molar-refractivity contribution in [2.24, 2.45) is 5.14 Å². The fourth-order valence-electron chi connectivity index (χ4n) is 1.43. The van der Waals surface area contributed by atoms with Crippen molar-refractivity contribution in [3.63, 3.8) is 0 Å². The number of primary sulfonamides is 1. The molecule has 102 valence electrons. The molecule has 0 aliphatic carbocycles. The molecule has 6 heteroatoms. The van der Waals surface area contributed by atoms with Gasteiger partial charge in [-0.3, -0.25) is 0 Å². The minimum atomic E-state index is -3.44. The molecular weight excluding hydrogens is 252 g/mol. The van der Waals surface area contributed by atoms with E-state index in [1.54, 1.807) is 0 Å². The highest BCUT2D eigenvalue weighted by molar-refractivity contribution is 7.89. The summed E-state index contributed by atoms with van der Waals surface area (Å²) in [4.78, 5) is 0. The molecule has 0 atom stereocenters. The van der Waals surface area contributed by atoms with Crippen molar-refractivity contribution in [3.8, 4) is 5.75 Å². The van der Waals surface area contributed by atoms with Gasteiger partial charge in [-0.1, -0.05) is 13.0 Å². The van der Waals surface area contributed by atoms with Gasteiger partial charge in [-0.25, -0.2) is 13.6 Å². The Kier molecular flexibility index (Phi) is 5.43. The Balaban J connectivity index is 2.68. The van der Waals surface area contributed by atoms with Gasteiger partial charge in [0.1, 0.15) is 5.75 Å². The third-order valence-electron chi connectivity index (χ3n) is 2.30. The second kappa shape index (κ2) is 6.61. The van der Waals surface area contributed by atoms with Crippen LogP contribution in [0.4, 0.5) is 5.69 Å².